The van der Waals surface area contributed by atoms with Gasteiger partial charge in [0.1, 0.15) is 17.0 Å². The van der Waals surface area contributed by atoms with Crippen molar-refractivity contribution in [3.8, 4) is 5.88 Å². The molecule has 0 aliphatic carbocycles. The van der Waals surface area contributed by atoms with Gasteiger partial charge in [-0.3, -0.25) is 0 Å². The Balaban J connectivity index is 1.54. The summed E-state index contributed by atoms with van der Waals surface area (Å²) < 4.78 is 52.0. The summed E-state index contributed by atoms with van der Waals surface area (Å²) in [6.45, 7) is 3.07. The number of nitrogens with zero attached hydrogens (tertiary/aromatic N) is 4. The molecule has 1 N–H and O–H groups in total. The Hall–Kier alpha value is -3.14. The molecule has 174 valence electrons. The molecular formula is C23H24F3N5O2. The maximum Gasteiger partial charge on any atom is 0.266 e. The van der Waals surface area contributed by atoms with Crippen LogP contribution in [0.3, 0.4) is 0 Å². The smallest absolute Gasteiger partial charge is 0.266 e. The highest BCUT2D eigenvalue weighted by Crippen LogP contribution is 2.41. The van der Waals surface area contributed by atoms with Gasteiger partial charge in [-0.05, 0) is 25.8 Å². The normalized spacial score (nSPS) is 20.0. The molecule has 0 saturated carbocycles. The Morgan fingerprint density at radius 3 is 2.67 bits per heavy atom. The number of alkyl halides is 2. The molecule has 5 rings (SSSR count). The first-order valence-corrected chi connectivity index (χ1v) is 10.8. The van der Waals surface area contributed by atoms with E-state index in [1.807, 2.05) is 6.07 Å². The molecular weight excluding hydrogens is 435 g/mol. The van der Waals surface area contributed by atoms with Crippen LogP contribution in [0.25, 0.3) is 10.9 Å². The molecule has 2 aliphatic rings. The number of benzene rings is 1. The highest BCUT2D eigenvalue weighted by molar-refractivity contribution is 5.93. The van der Waals surface area contributed by atoms with Gasteiger partial charge in [-0.25, -0.2) is 18.2 Å². The second-order valence-corrected chi connectivity index (χ2v) is 8.35. The van der Waals surface area contributed by atoms with Gasteiger partial charge in [-0.15, -0.1) is 5.10 Å². The minimum Gasteiger partial charge on any atom is -0.480 e. The Bertz CT molecular complexity index is 1180. The number of rotatable bonds is 6. The molecule has 7 nitrogen and oxygen atoms in total. The molecule has 0 amide bonds. The molecule has 2 aliphatic heterocycles. The number of aryl methyl sites for hydroxylation is 1. The number of ether oxygens (including phenoxy) is 2. The van der Waals surface area contributed by atoms with E-state index in [4.69, 9.17) is 14.5 Å². The number of fused-ring (bicyclic) bond motifs is 3. The molecule has 33 heavy (non-hydrogen) atoms. The molecule has 0 radical (unpaired) electrons. The van der Waals surface area contributed by atoms with Gasteiger partial charge in [0.2, 0.25) is 5.88 Å². The number of aromatic nitrogens is 3. The molecule has 2 atom stereocenters. The first kappa shape index (κ1) is 21.7. The second kappa shape index (κ2) is 8.66. The fourth-order valence-electron chi connectivity index (χ4n) is 4.74. The lowest BCUT2D eigenvalue weighted by Gasteiger charge is -2.37. The van der Waals surface area contributed by atoms with Gasteiger partial charge in [0.05, 0.1) is 43.7 Å². The minimum absolute atomic E-state index is 0.0244. The van der Waals surface area contributed by atoms with Gasteiger partial charge < -0.3 is 19.7 Å². The molecule has 1 aromatic carbocycles. The summed E-state index contributed by atoms with van der Waals surface area (Å²) in [5, 5.41) is 12.2. The zero-order chi connectivity index (χ0) is 23.1. The topological polar surface area (TPSA) is 72.4 Å². The maximum atomic E-state index is 14.5. The quantitative estimate of drug-likeness (QED) is 0.586. The highest BCUT2D eigenvalue weighted by atomic mass is 19.3. The van der Waals surface area contributed by atoms with Crippen LogP contribution >= 0.6 is 0 Å². The summed E-state index contributed by atoms with van der Waals surface area (Å²) in [5.74, 6) is -0.0248. The number of halogens is 3. The summed E-state index contributed by atoms with van der Waals surface area (Å²) in [5.41, 5.74) is 1.58. The Morgan fingerprint density at radius 2 is 1.97 bits per heavy atom. The molecule has 2 saturated heterocycles. The van der Waals surface area contributed by atoms with Crippen LogP contribution in [0.5, 0.6) is 5.88 Å². The fourth-order valence-corrected chi connectivity index (χ4v) is 4.74. The van der Waals surface area contributed by atoms with Crippen molar-refractivity contribution in [1.29, 1.82) is 0 Å². The SMILES string of the molecule is COc1nc2c(C)nnc(NCc3cccc(C(F)F)c3F)c2cc1N1C2CCC1COC2. The molecule has 2 fully saturated rings. The molecule has 2 bridgehead atoms. The van der Waals surface area contributed by atoms with E-state index in [1.54, 1.807) is 14.0 Å². The summed E-state index contributed by atoms with van der Waals surface area (Å²) in [7, 11) is 1.59. The predicted molar refractivity (Wildman–Crippen MR) is 117 cm³/mol. The molecule has 0 spiro atoms. The minimum atomic E-state index is -2.88. The molecule has 10 heteroatoms. The zero-order valence-corrected chi connectivity index (χ0v) is 18.3. The van der Waals surface area contributed by atoms with Crippen LogP contribution in [0.2, 0.25) is 0 Å². The van der Waals surface area contributed by atoms with E-state index < -0.39 is 17.8 Å². The van der Waals surface area contributed by atoms with Crippen molar-refractivity contribution < 1.29 is 22.6 Å². The highest BCUT2D eigenvalue weighted by Gasteiger charge is 2.39. The van der Waals surface area contributed by atoms with Crippen LogP contribution < -0.4 is 15.0 Å². The van der Waals surface area contributed by atoms with Crippen molar-refractivity contribution in [2.75, 3.05) is 30.5 Å². The van der Waals surface area contributed by atoms with Crippen LogP contribution in [0, 0.1) is 12.7 Å². The lowest BCUT2D eigenvalue weighted by Crippen LogP contribution is -2.46. The first-order valence-electron chi connectivity index (χ1n) is 10.8. The van der Waals surface area contributed by atoms with Gasteiger partial charge in [0, 0.05) is 17.5 Å². The molecule has 2 unspecified atom stereocenters. The van der Waals surface area contributed by atoms with E-state index >= 15 is 0 Å². The Kier molecular flexibility index (Phi) is 5.69. The number of anilines is 2. The third-order valence-electron chi connectivity index (χ3n) is 6.37. The summed E-state index contributed by atoms with van der Waals surface area (Å²) in [6.07, 6.45) is -0.817. The summed E-state index contributed by atoms with van der Waals surface area (Å²) in [6, 6.07) is 6.43. The first-order chi connectivity index (χ1) is 16.0. The molecule has 4 heterocycles. The van der Waals surface area contributed by atoms with Crippen LogP contribution in [0.4, 0.5) is 24.7 Å². The molecule has 3 aromatic rings. The van der Waals surface area contributed by atoms with Gasteiger partial charge >= 0.3 is 0 Å². The van der Waals surface area contributed by atoms with E-state index in [1.165, 1.54) is 12.1 Å². The van der Waals surface area contributed by atoms with Crippen LogP contribution in [-0.4, -0.2) is 47.6 Å². The van der Waals surface area contributed by atoms with Crippen molar-refractivity contribution in [2.24, 2.45) is 0 Å². The monoisotopic (exact) mass is 459 g/mol. The third-order valence-corrected chi connectivity index (χ3v) is 6.37. The van der Waals surface area contributed by atoms with Crippen molar-refractivity contribution in [3.05, 3.63) is 46.9 Å². The van der Waals surface area contributed by atoms with Crippen LogP contribution in [-0.2, 0) is 11.3 Å². The number of pyridine rings is 1. The van der Waals surface area contributed by atoms with E-state index in [-0.39, 0.29) is 24.2 Å². The van der Waals surface area contributed by atoms with Gasteiger partial charge in [-0.2, -0.15) is 5.10 Å². The fraction of sp³-hybridized carbons (Fsp3) is 0.435. The van der Waals surface area contributed by atoms with Crippen LogP contribution in [0.1, 0.15) is 36.1 Å². The van der Waals surface area contributed by atoms with Crippen molar-refractivity contribution in [2.45, 2.75) is 44.8 Å². The number of nitrogens with one attached hydrogen (secondary N) is 1. The second-order valence-electron chi connectivity index (χ2n) is 8.35. The lowest BCUT2D eigenvalue weighted by molar-refractivity contribution is 0.0903. The van der Waals surface area contributed by atoms with E-state index in [9.17, 15) is 13.2 Å². The standard InChI is InChI=1S/C23H24F3N5O2/c1-12-20-17(8-18(23(28-20)32-2)31-14-6-7-15(31)11-33-10-14)22(30-29-12)27-9-13-4-3-5-16(19(13)24)21(25)26/h3-5,8,14-15,21H,6-7,9-11H2,1-2H3,(H,27,30). The summed E-state index contributed by atoms with van der Waals surface area (Å²) in [4.78, 5) is 7.02. The van der Waals surface area contributed by atoms with E-state index in [2.05, 4.69) is 20.4 Å². The maximum absolute atomic E-state index is 14.5. The lowest BCUT2D eigenvalue weighted by atomic mass is 10.1. The van der Waals surface area contributed by atoms with Gasteiger partial charge in [0.25, 0.3) is 6.43 Å². The molecule has 2 aromatic heterocycles. The number of hydrogen-bond donors (Lipinski definition) is 1. The number of morpholine rings is 1. The largest absolute Gasteiger partial charge is 0.480 e. The van der Waals surface area contributed by atoms with Crippen LogP contribution in [0.15, 0.2) is 24.3 Å². The average molecular weight is 459 g/mol. The number of hydrogen-bond acceptors (Lipinski definition) is 7. The van der Waals surface area contributed by atoms with Crippen molar-refractivity contribution in [1.82, 2.24) is 15.2 Å². The van der Waals surface area contributed by atoms with Crippen molar-refractivity contribution in [3.63, 3.8) is 0 Å². The third kappa shape index (κ3) is 3.82. The van der Waals surface area contributed by atoms with E-state index in [0.29, 0.717) is 41.5 Å². The van der Waals surface area contributed by atoms with Gasteiger partial charge in [-0.1, -0.05) is 18.2 Å². The van der Waals surface area contributed by atoms with Gasteiger partial charge in [0.15, 0.2) is 5.82 Å². The Morgan fingerprint density at radius 1 is 1.21 bits per heavy atom. The predicted octanol–water partition coefficient (Wildman–Crippen LogP) is 4.40. The zero-order valence-electron chi connectivity index (χ0n) is 18.3. The number of methoxy groups -OCH3 is 1. The summed E-state index contributed by atoms with van der Waals surface area (Å²) >= 11 is 0. The Labute approximate surface area is 188 Å². The average Bonchev–Trinajstić information content (AvgIpc) is 3.06. The van der Waals surface area contributed by atoms with Crippen molar-refractivity contribution >= 4 is 22.4 Å². The van der Waals surface area contributed by atoms with E-state index in [0.717, 1.165) is 24.6 Å².